The van der Waals surface area contributed by atoms with E-state index in [0.29, 0.717) is 0 Å². The van der Waals surface area contributed by atoms with Crippen molar-refractivity contribution in [2.75, 3.05) is 13.2 Å². The summed E-state index contributed by atoms with van der Waals surface area (Å²) in [6, 6.07) is 3.23. The molecule has 0 saturated carbocycles. The fourth-order valence-corrected chi connectivity index (χ4v) is 2.55. The lowest BCUT2D eigenvalue weighted by Gasteiger charge is -2.20. The predicted molar refractivity (Wildman–Crippen MR) is 89.0 cm³/mol. The number of amides is 3. The lowest BCUT2D eigenvalue weighted by molar-refractivity contribution is -0.147. The Morgan fingerprint density at radius 3 is 2.23 bits per heavy atom. The second-order valence-electron chi connectivity index (χ2n) is 6.19. The van der Waals surface area contributed by atoms with Gasteiger partial charge in [0.1, 0.15) is 12.4 Å². The van der Waals surface area contributed by atoms with Crippen LogP contribution in [-0.4, -0.2) is 45.0 Å². The summed E-state index contributed by atoms with van der Waals surface area (Å²) < 4.78 is 43.1. The van der Waals surface area contributed by atoms with Gasteiger partial charge < -0.3 is 10.1 Å². The summed E-state index contributed by atoms with van der Waals surface area (Å²) in [4.78, 5) is 34.2. The lowest BCUT2D eigenvalue weighted by atomic mass is 10.1. The number of nitrogens with one attached hydrogen (secondary N) is 3. The highest BCUT2D eigenvalue weighted by Crippen LogP contribution is 2.09. The van der Waals surface area contributed by atoms with Gasteiger partial charge in [0.25, 0.3) is 5.91 Å². The number of benzene rings is 1. The third-order valence-electron chi connectivity index (χ3n) is 2.64. The molecule has 1 aromatic carbocycles. The normalized spacial score (nSPS) is 11.5. The van der Waals surface area contributed by atoms with Crippen LogP contribution in [0.3, 0.4) is 0 Å². The van der Waals surface area contributed by atoms with Crippen LogP contribution in [0.5, 0.6) is 0 Å². The fourth-order valence-electron chi connectivity index (χ4n) is 1.58. The Balaban J connectivity index is 2.41. The molecule has 0 saturated heterocycles. The second-order valence-corrected chi connectivity index (χ2v) is 7.96. The van der Waals surface area contributed by atoms with E-state index in [9.17, 15) is 27.2 Å². The third-order valence-corrected chi connectivity index (χ3v) is 4.05. The Hall–Kier alpha value is -2.53. The molecule has 0 atom stereocenters. The maximum atomic E-state index is 12.8. The zero-order valence-corrected chi connectivity index (χ0v) is 15.3. The van der Waals surface area contributed by atoms with Crippen LogP contribution in [0.15, 0.2) is 29.2 Å². The average Bonchev–Trinajstić information content (AvgIpc) is 2.49. The molecule has 0 aliphatic carbocycles. The van der Waals surface area contributed by atoms with E-state index in [0.717, 1.165) is 24.3 Å². The van der Waals surface area contributed by atoms with Gasteiger partial charge in [-0.25, -0.2) is 17.6 Å². The maximum absolute atomic E-state index is 12.8. The minimum absolute atomic E-state index is 0.233. The van der Waals surface area contributed by atoms with Gasteiger partial charge in [-0.3, -0.25) is 14.9 Å². The van der Waals surface area contributed by atoms with Crippen molar-refractivity contribution < 1.29 is 31.9 Å². The first-order chi connectivity index (χ1) is 11.9. The van der Waals surface area contributed by atoms with E-state index < -0.39 is 52.4 Å². The monoisotopic (exact) mass is 389 g/mol. The summed E-state index contributed by atoms with van der Waals surface area (Å²) in [6.45, 7) is 3.65. The van der Waals surface area contributed by atoms with E-state index >= 15 is 0 Å². The molecule has 11 heteroatoms. The summed E-state index contributed by atoms with van der Waals surface area (Å²) in [5, 5.41) is 4.43. The molecule has 144 valence electrons. The molecule has 9 nitrogen and oxygen atoms in total. The van der Waals surface area contributed by atoms with Crippen LogP contribution >= 0.6 is 0 Å². The van der Waals surface area contributed by atoms with Crippen molar-refractivity contribution in [3.63, 3.8) is 0 Å². The van der Waals surface area contributed by atoms with Crippen molar-refractivity contribution in [1.29, 1.82) is 0 Å². The minimum atomic E-state index is -4.03. The molecule has 0 radical (unpaired) electrons. The number of halogens is 1. The molecule has 1 aromatic rings. The number of urea groups is 1. The molecule has 0 aliphatic heterocycles. The first kappa shape index (κ1) is 21.5. The minimum Gasteiger partial charge on any atom is -0.455 e. The Labute approximate surface area is 150 Å². The van der Waals surface area contributed by atoms with Gasteiger partial charge in [-0.1, -0.05) is 0 Å². The molecule has 0 aliphatic rings. The standard InChI is InChI=1S/C15H20FN3O6S/c1-15(2,3)19-14(22)18-12(20)9-25-13(21)8-17-26(23,24)11-6-4-10(16)5-7-11/h4-7,17H,8-9H2,1-3H3,(H2,18,19,20,22). The molecule has 0 spiro atoms. The molecule has 0 fully saturated rings. The number of hydrogen-bond acceptors (Lipinski definition) is 6. The Morgan fingerprint density at radius 1 is 1.12 bits per heavy atom. The van der Waals surface area contributed by atoms with Crippen molar-refractivity contribution >= 4 is 27.9 Å². The van der Waals surface area contributed by atoms with Gasteiger partial charge in [0.05, 0.1) is 4.90 Å². The smallest absolute Gasteiger partial charge is 0.321 e. The number of esters is 1. The highest BCUT2D eigenvalue weighted by molar-refractivity contribution is 7.89. The van der Waals surface area contributed by atoms with Gasteiger partial charge in [0.2, 0.25) is 10.0 Å². The molecule has 0 aromatic heterocycles. The summed E-state index contributed by atoms with van der Waals surface area (Å²) in [7, 11) is -4.03. The molecule has 3 N–H and O–H groups in total. The number of sulfonamides is 1. The topological polar surface area (TPSA) is 131 Å². The van der Waals surface area contributed by atoms with Gasteiger partial charge in [-0.2, -0.15) is 4.72 Å². The predicted octanol–water partition coefficient (Wildman–Crippen LogP) is 0.272. The number of hydrogen-bond donors (Lipinski definition) is 3. The summed E-state index contributed by atoms with van der Waals surface area (Å²) in [5.41, 5.74) is -0.556. The quantitative estimate of drug-likeness (QED) is 0.599. The number of imide groups is 1. The number of carbonyl (C=O) groups excluding carboxylic acids is 3. The van der Waals surface area contributed by atoms with E-state index in [1.54, 1.807) is 20.8 Å². The van der Waals surface area contributed by atoms with Gasteiger partial charge in [0.15, 0.2) is 6.61 Å². The van der Waals surface area contributed by atoms with E-state index in [1.165, 1.54) is 0 Å². The summed E-state index contributed by atoms with van der Waals surface area (Å²) >= 11 is 0. The summed E-state index contributed by atoms with van der Waals surface area (Å²) in [5.74, 6) is -2.51. The molecule has 0 unspecified atom stereocenters. The van der Waals surface area contributed by atoms with Gasteiger partial charge >= 0.3 is 12.0 Å². The van der Waals surface area contributed by atoms with Gasteiger partial charge in [-0.05, 0) is 45.0 Å². The molecule has 3 amide bonds. The van der Waals surface area contributed by atoms with Gasteiger partial charge in [0, 0.05) is 5.54 Å². The first-order valence-electron chi connectivity index (χ1n) is 7.42. The van der Waals surface area contributed by atoms with Crippen LogP contribution in [0, 0.1) is 5.82 Å². The van der Waals surface area contributed by atoms with Crippen LogP contribution in [0.1, 0.15) is 20.8 Å². The fraction of sp³-hybridized carbons (Fsp3) is 0.400. The van der Waals surface area contributed by atoms with E-state index in [4.69, 9.17) is 0 Å². The molecule has 0 bridgehead atoms. The van der Waals surface area contributed by atoms with Crippen LogP contribution in [0.4, 0.5) is 9.18 Å². The van der Waals surface area contributed by atoms with E-state index in [-0.39, 0.29) is 4.90 Å². The number of carbonyl (C=O) groups is 3. The highest BCUT2D eigenvalue weighted by Gasteiger charge is 2.18. The van der Waals surface area contributed by atoms with Crippen molar-refractivity contribution in [3.05, 3.63) is 30.1 Å². The zero-order chi connectivity index (χ0) is 20.0. The van der Waals surface area contributed by atoms with Crippen molar-refractivity contribution in [3.8, 4) is 0 Å². The molecular weight excluding hydrogens is 369 g/mol. The van der Waals surface area contributed by atoms with Gasteiger partial charge in [-0.15, -0.1) is 0 Å². The van der Waals surface area contributed by atoms with Crippen LogP contribution in [0.2, 0.25) is 0 Å². The van der Waals surface area contributed by atoms with E-state index in [2.05, 4.69) is 10.1 Å². The SMILES string of the molecule is CC(C)(C)NC(=O)NC(=O)COC(=O)CNS(=O)(=O)c1ccc(F)cc1. The number of rotatable bonds is 6. The van der Waals surface area contributed by atoms with E-state index in [1.807, 2.05) is 10.0 Å². The number of ether oxygens (including phenoxy) is 1. The molecule has 26 heavy (non-hydrogen) atoms. The lowest BCUT2D eigenvalue weighted by Crippen LogP contribution is -2.49. The van der Waals surface area contributed by atoms with Crippen LogP contribution in [-0.2, 0) is 24.3 Å². The third kappa shape index (κ3) is 8.03. The van der Waals surface area contributed by atoms with Crippen molar-refractivity contribution in [2.24, 2.45) is 0 Å². The molecule has 1 rings (SSSR count). The Bertz CT molecular complexity index is 772. The van der Waals surface area contributed by atoms with Crippen LogP contribution < -0.4 is 15.4 Å². The highest BCUT2D eigenvalue weighted by atomic mass is 32.2. The Morgan fingerprint density at radius 2 is 1.69 bits per heavy atom. The molecule has 0 heterocycles. The summed E-state index contributed by atoms with van der Waals surface area (Å²) in [6.07, 6.45) is 0. The second kappa shape index (κ2) is 8.72. The average molecular weight is 389 g/mol. The largest absolute Gasteiger partial charge is 0.455 e. The molecular formula is C15H20FN3O6S. The maximum Gasteiger partial charge on any atom is 0.321 e. The van der Waals surface area contributed by atoms with Crippen molar-refractivity contribution in [1.82, 2.24) is 15.4 Å². The zero-order valence-electron chi connectivity index (χ0n) is 14.5. The van der Waals surface area contributed by atoms with Crippen LogP contribution in [0.25, 0.3) is 0 Å². The first-order valence-corrected chi connectivity index (χ1v) is 8.90. The van der Waals surface area contributed by atoms with Crippen molar-refractivity contribution in [2.45, 2.75) is 31.2 Å². The Kier molecular flexibility index (Phi) is 7.21.